The molecule has 0 unspecified atom stereocenters. The normalized spacial score (nSPS) is 11.5. The quantitative estimate of drug-likeness (QED) is 0.468. The average Bonchev–Trinajstić information content (AvgIpc) is 3.41. The molecule has 2 aromatic carbocycles. The van der Waals surface area contributed by atoms with Gasteiger partial charge in [0.15, 0.2) is 0 Å². The molecule has 0 aliphatic rings. The number of alkyl halides is 3. The van der Waals surface area contributed by atoms with Gasteiger partial charge in [-0.05, 0) is 35.9 Å². The van der Waals surface area contributed by atoms with Gasteiger partial charge in [-0.1, -0.05) is 29.8 Å². The topological polar surface area (TPSA) is 64.7 Å². The number of halogens is 4. The second kappa shape index (κ2) is 8.27. The SMILES string of the molecule is O=C(Nc1ccc(-n2cccn2)cc1C(F)(F)F)c1cnn(Cc2ccccc2Cl)c1. The van der Waals surface area contributed by atoms with Crippen molar-refractivity contribution in [2.45, 2.75) is 12.7 Å². The first-order valence-electron chi connectivity index (χ1n) is 9.10. The lowest BCUT2D eigenvalue weighted by Crippen LogP contribution is -2.17. The van der Waals surface area contributed by atoms with Gasteiger partial charge < -0.3 is 5.32 Å². The summed E-state index contributed by atoms with van der Waals surface area (Å²) in [4.78, 5) is 12.6. The van der Waals surface area contributed by atoms with Crippen molar-refractivity contribution in [1.82, 2.24) is 19.6 Å². The van der Waals surface area contributed by atoms with Crippen LogP contribution in [0.2, 0.25) is 5.02 Å². The van der Waals surface area contributed by atoms with Crippen LogP contribution in [0.15, 0.2) is 73.3 Å². The van der Waals surface area contributed by atoms with Gasteiger partial charge in [-0.3, -0.25) is 9.48 Å². The summed E-state index contributed by atoms with van der Waals surface area (Å²) < 4.78 is 43.6. The van der Waals surface area contributed by atoms with Crippen LogP contribution in [0.25, 0.3) is 5.69 Å². The van der Waals surface area contributed by atoms with Crippen molar-refractivity contribution < 1.29 is 18.0 Å². The van der Waals surface area contributed by atoms with Crippen LogP contribution >= 0.6 is 11.6 Å². The van der Waals surface area contributed by atoms with Crippen molar-refractivity contribution in [3.63, 3.8) is 0 Å². The number of carbonyl (C=O) groups excluding carboxylic acids is 1. The maximum Gasteiger partial charge on any atom is 0.418 e. The Balaban J connectivity index is 1.56. The molecule has 4 aromatic rings. The lowest BCUT2D eigenvalue weighted by molar-refractivity contribution is -0.136. The molecule has 0 bridgehead atoms. The molecule has 31 heavy (non-hydrogen) atoms. The van der Waals surface area contributed by atoms with E-state index in [0.29, 0.717) is 11.6 Å². The Labute approximate surface area is 179 Å². The molecule has 0 atom stereocenters. The molecule has 0 aliphatic carbocycles. The molecule has 0 fully saturated rings. The van der Waals surface area contributed by atoms with Gasteiger partial charge in [0, 0.05) is 23.6 Å². The number of aromatic nitrogens is 4. The molecule has 4 rings (SSSR count). The van der Waals surface area contributed by atoms with Gasteiger partial charge in [-0.25, -0.2) is 4.68 Å². The number of anilines is 1. The first kappa shape index (κ1) is 20.7. The molecule has 0 saturated carbocycles. The Morgan fingerprint density at radius 3 is 2.61 bits per heavy atom. The Hall–Kier alpha value is -3.59. The zero-order valence-electron chi connectivity index (χ0n) is 15.8. The van der Waals surface area contributed by atoms with E-state index in [1.807, 2.05) is 12.1 Å². The summed E-state index contributed by atoms with van der Waals surface area (Å²) in [5.41, 5.74) is -0.184. The first-order chi connectivity index (χ1) is 14.8. The number of amides is 1. The monoisotopic (exact) mass is 445 g/mol. The third-order valence-corrected chi connectivity index (χ3v) is 4.88. The largest absolute Gasteiger partial charge is 0.418 e. The molecule has 0 saturated heterocycles. The number of rotatable bonds is 5. The number of nitrogens with one attached hydrogen (secondary N) is 1. The minimum atomic E-state index is -4.67. The number of carbonyl (C=O) groups is 1. The van der Waals surface area contributed by atoms with Gasteiger partial charge in [0.25, 0.3) is 5.91 Å². The minimum Gasteiger partial charge on any atom is -0.321 e. The summed E-state index contributed by atoms with van der Waals surface area (Å²) in [6.45, 7) is 0.319. The zero-order valence-corrected chi connectivity index (χ0v) is 16.6. The molecule has 0 aliphatic heterocycles. The fourth-order valence-corrected chi connectivity index (χ4v) is 3.20. The highest BCUT2D eigenvalue weighted by atomic mass is 35.5. The standard InChI is InChI=1S/C21H15ClF3N5O/c22-18-5-2-1-4-14(18)12-29-13-15(11-27-29)20(31)28-19-7-6-16(30-9-3-8-26-30)10-17(19)21(23,24)25/h1-11,13H,12H2,(H,28,31). The minimum absolute atomic E-state index is 0.122. The summed E-state index contributed by atoms with van der Waals surface area (Å²) in [6.07, 6.45) is 1.06. The van der Waals surface area contributed by atoms with Gasteiger partial charge in [-0.2, -0.15) is 23.4 Å². The average molecular weight is 446 g/mol. The Morgan fingerprint density at radius 1 is 1.10 bits per heavy atom. The van der Waals surface area contributed by atoms with Crippen molar-refractivity contribution in [2.75, 3.05) is 5.32 Å². The summed E-state index contributed by atoms with van der Waals surface area (Å²) in [6, 6.07) is 12.4. The maximum absolute atomic E-state index is 13.6. The zero-order chi connectivity index (χ0) is 22.0. The fourth-order valence-electron chi connectivity index (χ4n) is 3.00. The smallest absolute Gasteiger partial charge is 0.321 e. The highest BCUT2D eigenvalue weighted by Gasteiger charge is 2.34. The van der Waals surface area contributed by atoms with E-state index in [1.54, 1.807) is 18.2 Å². The predicted molar refractivity (Wildman–Crippen MR) is 109 cm³/mol. The van der Waals surface area contributed by atoms with Crippen LogP contribution in [0, 0.1) is 0 Å². The Morgan fingerprint density at radius 2 is 1.90 bits per heavy atom. The second-order valence-electron chi connectivity index (χ2n) is 6.65. The van der Waals surface area contributed by atoms with Crippen LogP contribution in [0.3, 0.4) is 0 Å². The molecule has 1 N–H and O–H groups in total. The van der Waals surface area contributed by atoms with Gasteiger partial charge in [-0.15, -0.1) is 0 Å². The third-order valence-electron chi connectivity index (χ3n) is 4.51. The van der Waals surface area contributed by atoms with E-state index in [9.17, 15) is 18.0 Å². The van der Waals surface area contributed by atoms with Crippen LogP contribution < -0.4 is 5.32 Å². The van der Waals surface area contributed by atoms with Crippen molar-refractivity contribution in [2.24, 2.45) is 0 Å². The van der Waals surface area contributed by atoms with E-state index >= 15 is 0 Å². The Kier molecular flexibility index (Phi) is 5.51. The molecule has 2 aromatic heterocycles. The van der Waals surface area contributed by atoms with E-state index in [-0.39, 0.29) is 16.9 Å². The van der Waals surface area contributed by atoms with Crippen molar-refractivity contribution in [3.05, 3.63) is 95.0 Å². The molecule has 0 spiro atoms. The van der Waals surface area contributed by atoms with E-state index in [1.165, 1.54) is 46.3 Å². The lowest BCUT2D eigenvalue weighted by atomic mass is 10.1. The number of hydrogen-bond donors (Lipinski definition) is 1. The third kappa shape index (κ3) is 4.61. The van der Waals surface area contributed by atoms with Crippen LogP contribution in [0.1, 0.15) is 21.5 Å². The van der Waals surface area contributed by atoms with Crippen molar-refractivity contribution >= 4 is 23.2 Å². The fraction of sp³-hybridized carbons (Fsp3) is 0.0952. The van der Waals surface area contributed by atoms with E-state index in [2.05, 4.69) is 15.5 Å². The number of benzene rings is 2. The van der Waals surface area contributed by atoms with Crippen LogP contribution in [0.4, 0.5) is 18.9 Å². The second-order valence-corrected chi connectivity index (χ2v) is 7.06. The molecule has 10 heteroatoms. The molecule has 6 nitrogen and oxygen atoms in total. The molecular weight excluding hydrogens is 431 g/mol. The maximum atomic E-state index is 13.6. The van der Waals surface area contributed by atoms with Crippen LogP contribution in [-0.2, 0) is 12.7 Å². The highest BCUT2D eigenvalue weighted by molar-refractivity contribution is 6.31. The van der Waals surface area contributed by atoms with E-state index in [4.69, 9.17) is 11.6 Å². The van der Waals surface area contributed by atoms with Crippen LogP contribution in [-0.4, -0.2) is 25.5 Å². The van der Waals surface area contributed by atoms with E-state index in [0.717, 1.165) is 11.6 Å². The van der Waals surface area contributed by atoms with Crippen molar-refractivity contribution in [1.29, 1.82) is 0 Å². The van der Waals surface area contributed by atoms with Gasteiger partial charge in [0.05, 0.1) is 35.2 Å². The molecular formula is C21H15ClF3N5O. The predicted octanol–water partition coefficient (Wildman–Crippen LogP) is 5.04. The summed E-state index contributed by atoms with van der Waals surface area (Å²) >= 11 is 6.13. The summed E-state index contributed by atoms with van der Waals surface area (Å²) in [5, 5.41) is 10.9. The van der Waals surface area contributed by atoms with Crippen LogP contribution in [0.5, 0.6) is 0 Å². The number of nitrogens with zero attached hydrogens (tertiary/aromatic N) is 4. The molecule has 158 valence electrons. The molecule has 1 amide bonds. The summed E-state index contributed by atoms with van der Waals surface area (Å²) in [7, 11) is 0. The van der Waals surface area contributed by atoms with E-state index < -0.39 is 17.6 Å². The Bertz CT molecular complexity index is 1220. The van der Waals surface area contributed by atoms with Gasteiger partial charge in [0.1, 0.15) is 0 Å². The molecule has 0 radical (unpaired) electrons. The highest BCUT2D eigenvalue weighted by Crippen LogP contribution is 2.36. The summed E-state index contributed by atoms with van der Waals surface area (Å²) in [5.74, 6) is -0.706. The lowest BCUT2D eigenvalue weighted by Gasteiger charge is -2.15. The van der Waals surface area contributed by atoms with Crippen molar-refractivity contribution in [3.8, 4) is 5.69 Å². The molecule has 2 heterocycles. The van der Waals surface area contributed by atoms with Gasteiger partial charge >= 0.3 is 6.18 Å². The number of hydrogen-bond acceptors (Lipinski definition) is 3. The van der Waals surface area contributed by atoms with Gasteiger partial charge in [0.2, 0.25) is 0 Å². The first-order valence-corrected chi connectivity index (χ1v) is 9.47.